The Hall–Kier alpha value is -1.89. The molecule has 0 fully saturated rings. The number of aromatic amines is 1. The van der Waals surface area contributed by atoms with E-state index in [-0.39, 0.29) is 12.5 Å². The van der Waals surface area contributed by atoms with Crippen molar-refractivity contribution in [3.63, 3.8) is 0 Å². The van der Waals surface area contributed by atoms with Gasteiger partial charge in [0.25, 0.3) is 5.56 Å². The Morgan fingerprint density at radius 3 is 2.76 bits per heavy atom. The predicted octanol–water partition coefficient (Wildman–Crippen LogP) is -0.483. The van der Waals surface area contributed by atoms with Crippen molar-refractivity contribution in [2.45, 2.75) is 13.5 Å². The number of carboxylic acid groups (broad SMARTS) is 1. The summed E-state index contributed by atoms with van der Waals surface area (Å²) < 4.78 is 6.07. The zero-order chi connectivity index (χ0) is 13.0. The van der Waals surface area contributed by atoms with E-state index in [2.05, 4.69) is 0 Å². The number of carbonyl (C=O) groups is 1. The molecule has 1 rings (SSSR count). The predicted molar refractivity (Wildman–Crippen MR) is 59.3 cm³/mol. The summed E-state index contributed by atoms with van der Waals surface area (Å²) in [7, 11) is 1.54. The van der Waals surface area contributed by atoms with Gasteiger partial charge < -0.3 is 9.84 Å². The Balaban J connectivity index is 3.08. The minimum Gasteiger partial charge on any atom is -0.477 e. The number of ether oxygens (including phenoxy) is 1. The molecular weight excluding hydrogens is 228 g/mol. The second kappa shape index (κ2) is 5.44. The molecule has 0 spiro atoms. The topological polar surface area (TPSA) is 101 Å². The highest BCUT2D eigenvalue weighted by molar-refractivity contribution is 5.86. The lowest BCUT2D eigenvalue weighted by atomic mass is 10.2. The van der Waals surface area contributed by atoms with E-state index in [1.807, 2.05) is 11.9 Å². The summed E-state index contributed by atoms with van der Waals surface area (Å²) in [6, 6.07) is 0. The molecule has 7 nitrogen and oxygen atoms in total. The molecule has 0 aliphatic carbocycles. The number of aromatic nitrogens is 2. The van der Waals surface area contributed by atoms with Crippen LogP contribution < -0.4 is 11.2 Å². The summed E-state index contributed by atoms with van der Waals surface area (Å²) in [5.74, 6) is -1.33. The van der Waals surface area contributed by atoms with Crippen molar-refractivity contribution in [2.75, 3.05) is 13.7 Å². The fraction of sp³-hybridized carbons (Fsp3) is 0.500. The van der Waals surface area contributed by atoms with Crippen molar-refractivity contribution < 1.29 is 14.6 Å². The number of aromatic carboxylic acids is 1. The lowest BCUT2D eigenvalue weighted by molar-refractivity contribution is 0.0693. The largest absolute Gasteiger partial charge is 0.477 e. The lowest BCUT2D eigenvalue weighted by Crippen LogP contribution is -2.34. The van der Waals surface area contributed by atoms with Crippen LogP contribution in [0.4, 0.5) is 0 Å². The summed E-state index contributed by atoms with van der Waals surface area (Å²) in [5, 5.41) is 8.76. The van der Waals surface area contributed by atoms with Gasteiger partial charge in [0.2, 0.25) is 0 Å². The number of nitrogens with one attached hydrogen (secondary N) is 1. The van der Waals surface area contributed by atoms with Crippen molar-refractivity contribution in [1.82, 2.24) is 9.55 Å². The monoisotopic (exact) mass is 242 g/mol. The minimum atomic E-state index is -1.36. The van der Waals surface area contributed by atoms with Gasteiger partial charge in [-0.15, -0.1) is 0 Å². The average Bonchev–Trinajstić information content (AvgIpc) is 2.21. The van der Waals surface area contributed by atoms with Gasteiger partial charge in [-0.1, -0.05) is 6.92 Å². The Labute approximate surface area is 96.7 Å². The van der Waals surface area contributed by atoms with Crippen LogP contribution in [-0.2, 0) is 11.3 Å². The Morgan fingerprint density at radius 2 is 2.24 bits per heavy atom. The molecule has 0 aromatic carbocycles. The quantitative estimate of drug-likeness (QED) is 0.726. The van der Waals surface area contributed by atoms with Crippen LogP contribution in [0.25, 0.3) is 0 Å². The van der Waals surface area contributed by atoms with Gasteiger partial charge in [0.15, 0.2) is 0 Å². The van der Waals surface area contributed by atoms with Crippen LogP contribution in [0.3, 0.4) is 0 Å². The SMILES string of the molecule is COCC(C)Cn1cc(C(=O)O)c(=O)[nH]c1=O. The lowest BCUT2D eigenvalue weighted by Gasteiger charge is -2.12. The Bertz CT molecular complexity index is 516. The molecule has 1 unspecified atom stereocenters. The van der Waals surface area contributed by atoms with Crippen molar-refractivity contribution in [3.05, 3.63) is 32.6 Å². The van der Waals surface area contributed by atoms with Gasteiger partial charge in [-0.2, -0.15) is 0 Å². The molecule has 0 amide bonds. The highest BCUT2D eigenvalue weighted by Gasteiger charge is 2.12. The van der Waals surface area contributed by atoms with Crippen LogP contribution in [0, 0.1) is 5.92 Å². The maximum Gasteiger partial charge on any atom is 0.342 e. The van der Waals surface area contributed by atoms with E-state index in [4.69, 9.17) is 9.84 Å². The molecule has 0 saturated heterocycles. The standard InChI is InChI=1S/C10H14N2O5/c1-6(5-17-2)3-12-4-7(9(14)15)8(13)11-10(12)16/h4,6H,3,5H2,1-2H3,(H,14,15)(H,11,13,16). The molecule has 1 aromatic heterocycles. The van der Waals surface area contributed by atoms with Gasteiger partial charge in [0.1, 0.15) is 5.56 Å². The first kappa shape index (κ1) is 13.2. The van der Waals surface area contributed by atoms with Crippen molar-refractivity contribution >= 4 is 5.97 Å². The maximum absolute atomic E-state index is 11.4. The first-order valence-electron chi connectivity index (χ1n) is 5.01. The molecule has 0 radical (unpaired) electrons. The zero-order valence-corrected chi connectivity index (χ0v) is 9.60. The molecule has 1 heterocycles. The van der Waals surface area contributed by atoms with Gasteiger partial charge in [-0.05, 0) is 5.92 Å². The molecule has 0 aliphatic rings. The number of hydrogen-bond acceptors (Lipinski definition) is 4. The Morgan fingerprint density at radius 1 is 1.59 bits per heavy atom. The maximum atomic E-state index is 11.4. The van der Waals surface area contributed by atoms with E-state index >= 15 is 0 Å². The van der Waals surface area contributed by atoms with E-state index in [9.17, 15) is 14.4 Å². The zero-order valence-electron chi connectivity index (χ0n) is 9.60. The first-order chi connectivity index (χ1) is 7.95. The van der Waals surface area contributed by atoms with Gasteiger partial charge in [-0.25, -0.2) is 9.59 Å². The second-order valence-corrected chi connectivity index (χ2v) is 3.82. The molecule has 2 N–H and O–H groups in total. The van der Waals surface area contributed by atoms with Crippen LogP contribution in [0.15, 0.2) is 15.8 Å². The van der Waals surface area contributed by atoms with Crippen LogP contribution in [-0.4, -0.2) is 34.3 Å². The van der Waals surface area contributed by atoms with Gasteiger partial charge in [0.05, 0.1) is 6.61 Å². The van der Waals surface area contributed by atoms with E-state index in [0.717, 1.165) is 10.8 Å². The fourth-order valence-corrected chi connectivity index (χ4v) is 1.47. The molecule has 0 aliphatic heterocycles. The van der Waals surface area contributed by atoms with Gasteiger partial charge >= 0.3 is 11.7 Å². The van der Waals surface area contributed by atoms with E-state index in [1.165, 1.54) is 7.11 Å². The summed E-state index contributed by atoms with van der Waals surface area (Å²) in [6.07, 6.45) is 1.05. The third kappa shape index (κ3) is 3.28. The molecule has 1 atom stereocenters. The fourth-order valence-electron chi connectivity index (χ4n) is 1.47. The molecular formula is C10H14N2O5. The van der Waals surface area contributed by atoms with Crippen LogP contribution >= 0.6 is 0 Å². The average molecular weight is 242 g/mol. The van der Waals surface area contributed by atoms with E-state index in [1.54, 1.807) is 0 Å². The number of carboxylic acids is 1. The third-order valence-electron chi connectivity index (χ3n) is 2.20. The van der Waals surface area contributed by atoms with Crippen molar-refractivity contribution in [1.29, 1.82) is 0 Å². The highest BCUT2D eigenvalue weighted by Crippen LogP contribution is 1.99. The second-order valence-electron chi connectivity index (χ2n) is 3.82. The van der Waals surface area contributed by atoms with Crippen LogP contribution in [0.5, 0.6) is 0 Å². The molecule has 0 saturated carbocycles. The molecule has 0 bridgehead atoms. The number of H-pyrrole nitrogens is 1. The minimum absolute atomic E-state index is 0.0326. The van der Waals surface area contributed by atoms with Gasteiger partial charge in [0, 0.05) is 19.9 Å². The summed E-state index contributed by atoms with van der Waals surface area (Å²) >= 11 is 0. The first-order valence-corrected chi connectivity index (χ1v) is 5.01. The van der Waals surface area contributed by atoms with E-state index in [0.29, 0.717) is 6.61 Å². The number of hydrogen-bond donors (Lipinski definition) is 2. The summed E-state index contributed by atoms with van der Waals surface area (Å²) in [5.41, 5.74) is -1.96. The smallest absolute Gasteiger partial charge is 0.342 e. The Kier molecular flexibility index (Phi) is 4.22. The molecule has 94 valence electrons. The van der Waals surface area contributed by atoms with Gasteiger partial charge in [-0.3, -0.25) is 14.3 Å². The number of rotatable bonds is 5. The highest BCUT2D eigenvalue weighted by atomic mass is 16.5. The summed E-state index contributed by atoms with van der Waals surface area (Å²) in [4.78, 5) is 35.3. The number of nitrogens with zero attached hydrogens (tertiary/aromatic N) is 1. The number of methoxy groups -OCH3 is 1. The van der Waals surface area contributed by atoms with Crippen molar-refractivity contribution in [3.8, 4) is 0 Å². The third-order valence-corrected chi connectivity index (χ3v) is 2.20. The molecule has 17 heavy (non-hydrogen) atoms. The molecule has 1 aromatic rings. The van der Waals surface area contributed by atoms with Crippen molar-refractivity contribution in [2.24, 2.45) is 5.92 Å². The molecule has 7 heteroatoms. The summed E-state index contributed by atoms with van der Waals surface area (Å²) in [6.45, 7) is 2.57. The van der Waals surface area contributed by atoms with Crippen LogP contribution in [0.2, 0.25) is 0 Å². The van der Waals surface area contributed by atoms with E-state index < -0.39 is 22.8 Å². The normalized spacial score (nSPS) is 12.4. The van der Waals surface area contributed by atoms with Crippen LogP contribution in [0.1, 0.15) is 17.3 Å².